The second kappa shape index (κ2) is 6.12. The summed E-state index contributed by atoms with van der Waals surface area (Å²) < 4.78 is 39.6. The smallest absolute Gasteiger partial charge is 0.387 e. The predicted molar refractivity (Wildman–Crippen MR) is 48.8 cm³/mol. The summed E-state index contributed by atoms with van der Waals surface area (Å²) in [4.78, 5) is 0. The molecule has 1 rings (SSSR count). The molecule has 0 heterocycles. The third-order valence-corrected chi connectivity index (χ3v) is 1.19. The van der Waals surface area contributed by atoms with Gasteiger partial charge in [0.05, 0.1) is 5.69 Å². The minimum absolute atomic E-state index is 0.0169. The van der Waals surface area contributed by atoms with Crippen LogP contribution < -0.4 is 10.5 Å². The van der Waals surface area contributed by atoms with Gasteiger partial charge >= 0.3 is 6.61 Å². The van der Waals surface area contributed by atoms with Gasteiger partial charge in [-0.2, -0.15) is 8.78 Å². The fraction of sp³-hybridized carbons (Fsp3) is 0.333. The molecule has 0 atom stereocenters. The lowest BCUT2D eigenvalue weighted by atomic mass is 10.3. The van der Waals surface area contributed by atoms with Gasteiger partial charge in [-0.05, 0) is 12.1 Å². The summed E-state index contributed by atoms with van der Waals surface area (Å²) in [5.74, 6) is -1.01. The zero-order valence-electron chi connectivity index (χ0n) is 7.93. The molecule has 1 aromatic carbocycles. The third kappa shape index (κ3) is 4.02. The molecule has 14 heavy (non-hydrogen) atoms. The van der Waals surface area contributed by atoms with Crippen molar-refractivity contribution in [1.82, 2.24) is 0 Å². The summed E-state index contributed by atoms with van der Waals surface area (Å²) in [5.41, 5.74) is 5.20. The summed E-state index contributed by atoms with van der Waals surface area (Å²) >= 11 is 0. The molecule has 0 radical (unpaired) electrons. The summed E-state index contributed by atoms with van der Waals surface area (Å²) in [6.07, 6.45) is 0. The van der Waals surface area contributed by atoms with Crippen molar-refractivity contribution in [2.45, 2.75) is 20.5 Å². The standard InChI is InChI=1S/C7H6F3NO.C2H6/c8-4-1-2-5(11)6(3-4)12-7(9)10;1-2/h1-3,7H,11H2;1-2H3. The van der Waals surface area contributed by atoms with Crippen molar-refractivity contribution in [2.75, 3.05) is 5.73 Å². The number of ether oxygens (including phenoxy) is 1. The summed E-state index contributed by atoms with van der Waals surface area (Å²) in [6, 6.07) is 3.03. The van der Waals surface area contributed by atoms with E-state index in [0.717, 1.165) is 18.2 Å². The second-order valence-electron chi connectivity index (χ2n) is 2.06. The number of anilines is 1. The van der Waals surface area contributed by atoms with Gasteiger partial charge in [0.15, 0.2) is 5.75 Å². The van der Waals surface area contributed by atoms with Gasteiger partial charge < -0.3 is 10.5 Å². The Balaban J connectivity index is 0.000000791. The number of halogens is 3. The molecule has 0 saturated carbocycles. The molecule has 0 aliphatic carbocycles. The van der Waals surface area contributed by atoms with Crippen molar-refractivity contribution in [1.29, 1.82) is 0 Å². The Kier molecular flexibility index (Phi) is 5.52. The topological polar surface area (TPSA) is 35.2 Å². The van der Waals surface area contributed by atoms with Crippen LogP contribution in [0.2, 0.25) is 0 Å². The molecule has 1 aromatic rings. The normalized spacial score (nSPS) is 9.29. The number of benzene rings is 1. The third-order valence-electron chi connectivity index (χ3n) is 1.19. The van der Waals surface area contributed by atoms with E-state index in [-0.39, 0.29) is 11.4 Å². The molecule has 0 aliphatic heterocycles. The highest BCUT2D eigenvalue weighted by Gasteiger charge is 2.08. The molecule has 0 aliphatic rings. The summed E-state index contributed by atoms with van der Waals surface area (Å²) in [6.45, 7) is 1.01. The Bertz CT molecular complexity index is 279. The van der Waals surface area contributed by atoms with Crippen LogP contribution in [0.1, 0.15) is 13.8 Å². The first-order valence-corrected chi connectivity index (χ1v) is 4.09. The van der Waals surface area contributed by atoms with E-state index in [1.807, 2.05) is 13.8 Å². The van der Waals surface area contributed by atoms with Gasteiger partial charge in [-0.25, -0.2) is 4.39 Å². The SMILES string of the molecule is CC.Nc1ccc(F)cc1OC(F)F. The molecule has 0 bridgehead atoms. The predicted octanol–water partition coefficient (Wildman–Crippen LogP) is 3.04. The van der Waals surface area contributed by atoms with Gasteiger partial charge in [0.25, 0.3) is 0 Å². The maximum Gasteiger partial charge on any atom is 0.387 e. The highest BCUT2D eigenvalue weighted by atomic mass is 19.3. The first-order valence-electron chi connectivity index (χ1n) is 4.09. The van der Waals surface area contributed by atoms with Gasteiger partial charge in [-0.15, -0.1) is 0 Å². The zero-order chi connectivity index (χ0) is 11.1. The van der Waals surface area contributed by atoms with Crippen molar-refractivity contribution < 1.29 is 17.9 Å². The van der Waals surface area contributed by atoms with E-state index in [0.29, 0.717) is 0 Å². The zero-order valence-corrected chi connectivity index (χ0v) is 7.93. The van der Waals surface area contributed by atoms with Gasteiger partial charge in [0.1, 0.15) is 5.82 Å². The van der Waals surface area contributed by atoms with Crippen LogP contribution >= 0.6 is 0 Å². The van der Waals surface area contributed by atoms with E-state index in [1.165, 1.54) is 0 Å². The molecule has 2 nitrogen and oxygen atoms in total. The molecule has 0 saturated heterocycles. The number of nitrogens with two attached hydrogens (primary N) is 1. The largest absolute Gasteiger partial charge is 0.433 e. The lowest BCUT2D eigenvalue weighted by Gasteiger charge is -2.06. The molecule has 0 amide bonds. The molecular weight excluding hydrogens is 195 g/mol. The Morgan fingerprint density at radius 1 is 1.29 bits per heavy atom. The van der Waals surface area contributed by atoms with Gasteiger partial charge in [-0.3, -0.25) is 0 Å². The molecule has 0 aromatic heterocycles. The highest BCUT2D eigenvalue weighted by molar-refractivity contribution is 5.52. The van der Waals surface area contributed by atoms with Crippen molar-refractivity contribution >= 4 is 5.69 Å². The lowest BCUT2D eigenvalue weighted by Crippen LogP contribution is -2.04. The van der Waals surface area contributed by atoms with Crippen LogP contribution in [0.5, 0.6) is 5.75 Å². The Labute approximate surface area is 80.5 Å². The summed E-state index contributed by atoms with van der Waals surface area (Å²) in [5, 5.41) is 0. The van der Waals surface area contributed by atoms with Gasteiger partial charge in [-0.1, -0.05) is 13.8 Å². The molecule has 0 spiro atoms. The minimum Gasteiger partial charge on any atom is -0.433 e. The lowest BCUT2D eigenvalue weighted by molar-refractivity contribution is -0.0494. The van der Waals surface area contributed by atoms with Gasteiger partial charge in [0.2, 0.25) is 0 Å². The Morgan fingerprint density at radius 3 is 2.36 bits per heavy atom. The van der Waals surface area contributed by atoms with Crippen molar-refractivity contribution in [2.24, 2.45) is 0 Å². The first kappa shape index (κ1) is 12.6. The number of hydrogen-bond acceptors (Lipinski definition) is 2. The van der Waals surface area contributed by atoms with E-state index in [1.54, 1.807) is 0 Å². The summed E-state index contributed by atoms with van der Waals surface area (Å²) in [7, 11) is 0. The maximum atomic E-state index is 12.4. The van der Waals surface area contributed by atoms with Crippen LogP contribution in [-0.4, -0.2) is 6.61 Å². The van der Waals surface area contributed by atoms with E-state index < -0.39 is 12.4 Å². The molecule has 0 fully saturated rings. The number of alkyl halides is 2. The molecule has 0 unspecified atom stereocenters. The monoisotopic (exact) mass is 207 g/mol. The number of hydrogen-bond donors (Lipinski definition) is 1. The van der Waals surface area contributed by atoms with Crippen LogP contribution in [0.15, 0.2) is 18.2 Å². The van der Waals surface area contributed by atoms with Crippen LogP contribution in [0, 0.1) is 5.82 Å². The maximum absolute atomic E-state index is 12.4. The molecule has 5 heteroatoms. The van der Waals surface area contributed by atoms with Crippen molar-refractivity contribution in [3.8, 4) is 5.75 Å². The fourth-order valence-electron chi connectivity index (χ4n) is 0.706. The molecular formula is C9H12F3NO. The number of rotatable bonds is 2. The van der Waals surface area contributed by atoms with Crippen molar-refractivity contribution in [3.63, 3.8) is 0 Å². The van der Waals surface area contributed by atoms with E-state index in [9.17, 15) is 13.2 Å². The first-order chi connectivity index (χ1) is 6.59. The van der Waals surface area contributed by atoms with Crippen LogP contribution in [0.4, 0.5) is 18.9 Å². The minimum atomic E-state index is -2.99. The quantitative estimate of drug-likeness (QED) is 0.756. The second-order valence-corrected chi connectivity index (χ2v) is 2.06. The van der Waals surface area contributed by atoms with Crippen LogP contribution in [0.25, 0.3) is 0 Å². The van der Waals surface area contributed by atoms with E-state index in [4.69, 9.17) is 5.73 Å². The van der Waals surface area contributed by atoms with E-state index in [2.05, 4.69) is 4.74 Å². The molecule has 2 N–H and O–H groups in total. The van der Waals surface area contributed by atoms with Crippen LogP contribution in [0.3, 0.4) is 0 Å². The average Bonchev–Trinajstić information content (AvgIpc) is 2.14. The average molecular weight is 207 g/mol. The Morgan fingerprint density at radius 2 is 1.86 bits per heavy atom. The fourth-order valence-corrected chi connectivity index (χ4v) is 0.706. The van der Waals surface area contributed by atoms with Crippen LogP contribution in [-0.2, 0) is 0 Å². The Hall–Kier alpha value is -1.39. The molecule has 80 valence electrons. The van der Waals surface area contributed by atoms with Crippen molar-refractivity contribution in [3.05, 3.63) is 24.0 Å². The van der Waals surface area contributed by atoms with E-state index >= 15 is 0 Å². The highest BCUT2D eigenvalue weighted by Crippen LogP contribution is 2.23. The van der Waals surface area contributed by atoms with Gasteiger partial charge in [0, 0.05) is 6.07 Å². The number of nitrogen functional groups attached to an aromatic ring is 1.